The van der Waals surface area contributed by atoms with E-state index in [0.717, 1.165) is 0 Å². The molecule has 0 spiro atoms. The van der Waals surface area contributed by atoms with Gasteiger partial charge in [0, 0.05) is 33.4 Å². The van der Waals surface area contributed by atoms with E-state index in [2.05, 4.69) is 21.3 Å². The van der Waals surface area contributed by atoms with Gasteiger partial charge in [-0.05, 0) is 73.9 Å². The van der Waals surface area contributed by atoms with Crippen molar-refractivity contribution in [3.8, 4) is 23.0 Å². The van der Waals surface area contributed by atoms with Crippen LogP contribution in [0.4, 0.5) is 0 Å². The van der Waals surface area contributed by atoms with Crippen molar-refractivity contribution in [3.05, 3.63) is 83.4 Å². The van der Waals surface area contributed by atoms with Gasteiger partial charge in [-0.2, -0.15) is 0 Å². The van der Waals surface area contributed by atoms with Crippen LogP contribution in [0.5, 0.6) is 23.0 Å². The predicted octanol–water partition coefficient (Wildman–Crippen LogP) is 1.50. The highest BCUT2D eigenvalue weighted by Gasteiger charge is 2.37. The van der Waals surface area contributed by atoms with Crippen LogP contribution in [0.2, 0.25) is 0 Å². The molecule has 6 atom stereocenters. The standard InChI is InChI=1S/C40H48N6O9/c1-22-35(47)42-23(2)39(51)45(4)31(19-25-8-13-28(53-6)14-9-25)37(49)43-24(3)40(52)46(5)32-20-26-10-15-29(16-11-26)55-34-21-27(12-17-33(34)54-7)18-30(36(48)41-22)44-38(32)50/h8-17,21-24,30-32H,18-20H2,1-7H3,(H,41,48)(H,42,47)(H,43,49)(H,44,50)/t22-,23+,24+,30+,31+,32+/m1/s1. The number of hydrogen-bond acceptors (Lipinski definition) is 9. The lowest BCUT2D eigenvalue weighted by Crippen LogP contribution is -2.61. The molecular formula is C40H48N6O9. The van der Waals surface area contributed by atoms with Crippen LogP contribution in [-0.4, -0.2) is 110 Å². The number of amides is 6. The third-order valence-corrected chi connectivity index (χ3v) is 9.92. The molecule has 4 N–H and O–H groups in total. The lowest BCUT2D eigenvalue weighted by atomic mass is 10.00. The molecule has 3 aromatic rings. The third-order valence-electron chi connectivity index (χ3n) is 9.92. The summed E-state index contributed by atoms with van der Waals surface area (Å²) in [4.78, 5) is 85.9. The Labute approximate surface area is 320 Å². The van der Waals surface area contributed by atoms with Gasteiger partial charge in [-0.3, -0.25) is 28.8 Å². The Hall–Kier alpha value is -6.12. The molecule has 1 fully saturated rings. The van der Waals surface area contributed by atoms with Crippen molar-refractivity contribution in [1.82, 2.24) is 31.1 Å². The van der Waals surface area contributed by atoms with Crippen LogP contribution in [0, 0.1) is 0 Å². The first-order chi connectivity index (χ1) is 26.2. The molecule has 0 aromatic heterocycles. The number of ether oxygens (including phenoxy) is 3. The van der Waals surface area contributed by atoms with Crippen molar-refractivity contribution in [2.24, 2.45) is 0 Å². The van der Waals surface area contributed by atoms with Gasteiger partial charge in [0.1, 0.15) is 47.8 Å². The Morgan fingerprint density at radius 2 is 1.24 bits per heavy atom. The molecule has 292 valence electrons. The molecule has 0 radical (unpaired) electrons. The maximum absolute atomic E-state index is 14.3. The molecule has 6 amide bonds. The smallest absolute Gasteiger partial charge is 0.245 e. The predicted molar refractivity (Wildman–Crippen MR) is 201 cm³/mol. The molecule has 55 heavy (non-hydrogen) atoms. The lowest BCUT2D eigenvalue weighted by molar-refractivity contribution is -0.145. The van der Waals surface area contributed by atoms with E-state index < -0.39 is 71.7 Å². The van der Waals surface area contributed by atoms with E-state index in [9.17, 15) is 28.8 Å². The fraction of sp³-hybridized carbons (Fsp3) is 0.400. The Morgan fingerprint density at radius 1 is 0.636 bits per heavy atom. The van der Waals surface area contributed by atoms with E-state index in [4.69, 9.17) is 14.2 Å². The molecular weight excluding hydrogens is 708 g/mol. The Bertz CT molecular complexity index is 1920. The van der Waals surface area contributed by atoms with Gasteiger partial charge in [-0.1, -0.05) is 30.3 Å². The Kier molecular flexibility index (Phi) is 12.6. The van der Waals surface area contributed by atoms with E-state index in [1.54, 1.807) is 66.7 Å². The zero-order valence-electron chi connectivity index (χ0n) is 32.0. The molecule has 1 saturated heterocycles. The average Bonchev–Trinajstić information content (AvgIpc) is 3.17. The fourth-order valence-electron chi connectivity index (χ4n) is 6.55. The minimum Gasteiger partial charge on any atom is -0.497 e. The zero-order valence-corrected chi connectivity index (χ0v) is 32.0. The fourth-order valence-corrected chi connectivity index (χ4v) is 6.55. The molecule has 15 nitrogen and oxygen atoms in total. The molecule has 6 rings (SSSR count). The number of likely N-dealkylation sites (N-methyl/N-ethyl adjacent to an activating group) is 2. The number of carbonyl (C=O) groups is 6. The van der Waals surface area contributed by atoms with Crippen molar-refractivity contribution in [3.63, 3.8) is 0 Å². The molecule has 0 unspecified atom stereocenters. The van der Waals surface area contributed by atoms with Gasteiger partial charge in [-0.25, -0.2) is 0 Å². The maximum atomic E-state index is 14.3. The van der Waals surface area contributed by atoms with Gasteiger partial charge in [0.15, 0.2) is 11.5 Å². The molecule has 0 saturated carbocycles. The summed E-state index contributed by atoms with van der Waals surface area (Å²) in [6.45, 7) is 4.43. The van der Waals surface area contributed by atoms with Crippen LogP contribution in [-0.2, 0) is 48.0 Å². The van der Waals surface area contributed by atoms with Gasteiger partial charge in [-0.15, -0.1) is 0 Å². The van der Waals surface area contributed by atoms with Crippen molar-refractivity contribution < 1.29 is 43.0 Å². The molecule has 15 heteroatoms. The van der Waals surface area contributed by atoms with Crippen LogP contribution in [0.15, 0.2) is 66.7 Å². The van der Waals surface area contributed by atoms with Gasteiger partial charge < -0.3 is 45.3 Å². The van der Waals surface area contributed by atoms with Crippen LogP contribution < -0.4 is 35.5 Å². The van der Waals surface area contributed by atoms with E-state index in [-0.39, 0.29) is 19.3 Å². The molecule has 3 aliphatic heterocycles. The third kappa shape index (κ3) is 9.52. The minimum absolute atomic E-state index is 0.0179. The monoisotopic (exact) mass is 756 g/mol. The van der Waals surface area contributed by atoms with E-state index in [1.165, 1.54) is 58.9 Å². The summed E-state index contributed by atoms with van der Waals surface area (Å²) in [6.07, 6.45) is 0.103. The second-order valence-corrected chi connectivity index (χ2v) is 13.9. The van der Waals surface area contributed by atoms with Crippen LogP contribution in [0.1, 0.15) is 37.5 Å². The summed E-state index contributed by atoms with van der Waals surface area (Å²) in [7, 11) is 5.94. The number of rotatable bonds is 4. The van der Waals surface area contributed by atoms with E-state index in [0.29, 0.717) is 39.7 Å². The first-order valence-corrected chi connectivity index (χ1v) is 18.0. The summed E-state index contributed by atoms with van der Waals surface area (Å²) >= 11 is 0. The van der Waals surface area contributed by atoms with Crippen molar-refractivity contribution in [2.75, 3.05) is 28.3 Å². The summed E-state index contributed by atoms with van der Waals surface area (Å²) in [6, 6.07) is 12.3. The van der Waals surface area contributed by atoms with Crippen molar-refractivity contribution in [1.29, 1.82) is 0 Å². The summed E-state index contributed by atoms with van der Waals surface area (Å²) < 4.78 is 16.9. The summed E-state index contributed by atoms with van der Waals surface area (Å²) in [5.41, 5.74) is 2.00. The number of methoxy groups -OCH3 is 2. The largest absolute Gasteiger partial charge is 0.497 e. The van der Waals surface area contributed by atoms with Gasteiger partial charge in [0.05, 0.1) is 14.2 Å². The second kappa shape index (κ2) is 17.3. The average molecular weight is 757 g/mol. The van der Waals surface area contributed by atoms with Crippen LogP contribution in [0.25, 0.3) is 0 Å². The molecule has 0 aliphatic carbocycles. The van der Waals surface area contributed by atoms with E-state index in [1.807, 2.05) is 0 Å². The van der Waals surface area contributed by atoms with Crippen LogP contribution >= 0.6 is 0 Å². The second-order valence-electron chi connectivity index (χ2n) is 13.9. The number of nitrogens with zero attached hydrogens (tertiary/aromatic N) is 2. The minimum atomic E-state index is -1.21. The highest BCUT2D eigenvalue weighted by atomic mass is 16.5. The number of benzene rings is 3. The molecule has 3 aromatic carbocycles. The number of fused-ring (bicyclic) bond motifs is 2. The normalized spacial score (nSPS) is 24.3. The Morgan fingerprint density at radius 3 is 1.87 bits per heavy atom. The zero-order chi connectivity index (χ0) is 40.0. The maximum Gasteiger partial charge on any atom is 0.245 e. The summed E-state index contributed by atoms with van der Waals surface area (Å²) in [5.74, 6) is -1.80. The van der Waals surface area contributed by atoms with Crippen molar-refractivity contribution >= 4 is 35.4 Å². The first kappa shape index (κ1) is 40.1. The number of nitrogens with one attached hydrogen (secondary N) is 4. The summed E-state index contributed by atoms with van der Waals surface area (Å²) in [5, 5.41) is 10.9. The highest BCUT2D eigenvalue weighted by Crippen LogP contribution is 2.33. The lowest BCUT2D eigenvalue weighted by Gasteiger charge is -2.34. The van der Waals surface area contributed by atoms with E-state index >= 15 is 0 Å². The van der Waals surface area contributed by atoms with Gasteiger partial charge in [0.2, 0.25) is 35.4 Å². The highest BCUT2D eigenvalue weighted by molar-refractivity contribution is 5.98. The number of carbonyl (C=O) groups excluding carboxylic acids is 6. The first-order valence-electron chi connectivity index (χ1n) is 18.0. The van der Waals surface area contributed by atoms with Crippen LogP contribution in [0.3, 0.4) is 0 Å². The van der Waals surface area contributed by atoms with Gasteiger partial charge >= 0.3 is 0 Å². The quantitative estimate of drug-likeness (QED) is 0.307. The van der Waals surface area contributed by atoms with Gasteiger partial charge in [0.25, 0.3) is 0 Å². The topological polar surface area (TPSA) is 185 Å². The molecule has 6 bridgehead atoms. The van der Waals surface area contributed by atoms with Crippen molar-refractivity contribution in [2.45, 2.75) is 76.3 Å². The SMILES string of the molecule is COc1ccc(C[C@H]2C(=O)N[C@@H](C)C(=O)N(C)[C@H]3Cc4ccc(cc4)Oc4cc(ccc4OC)C[C@H](NC3=O)C(=O)N[C@H](C)C(=O)N[C@@H](C)C(=O)N2C)cc1. The Balaban J connectivity index is 1.55. The molecule has 3 aliphatic rings. The molecule has 3 heterocycles. The number of hydrogen-bond donors (Lipinski definition) is 4.